The molecule has 30 heavy (non-hydrogen) atoms. The average molecular weight is 403 g/mol. The third-order valence-electron chi connectivity index (χ3n) is 5.91. The van der Waals surface area contributed by atoms with E-state index in [1.54, 1.807) is 6.07 Å². The first-order valence-corrected chi connectivity index (χ1v) is 11.6. The van der Waals surface area contributed by atoms with Crippen LogP contribution >= 0.6 is 0 Å². The molecule has 3 rings (SSSR count). The molecule has 0 amide bonds. The first-order chi connectivity index (χ1) is 14.7. The maximum atomic E-state index is 14.8. The fraction of sp³-hybridized carbons (Fsp3) is 0.379. The van der Waals surface area contributed by atoms with E-state index in [1.165, 1.54) is 55.2 Å². The molecule has 0 N–H and O–H groups in total. The van der Waals surface area contributed by atoms with Gasteiger partial charge >= 0.3 is 0 Å². The van der Waals surface area contributed by atoms with Crippen molar-refractivity contribution < 1.29 is 4.39 Å². The zero-order chi connectivity index (χ0) is 21.2. The van der Waals surface area contributed by atoms with E-state index in [0.717, 1.165) is 30.4 Å². The Morgan fingerprint density at radius 2 is 1.03 bits per heavy atom. The standard InChI is InChI=1S/C29H35F/c1-3-5-7-9-24-10-12-25(13-11-24)14-15-26-18-21-28(29(30)22-26)27-19-16-23(17-20-27)8-6-4-2/h10-13,16-22H,3-9,14-15H2,1-2H3. The molecule has 0 aliphatic heterocycles. The van der Waals surface area contributed by atoms with Crippen LogP contribution in [-0.4, -0.2) is 0 Å². The molecule has 0 aliphatic carbocycles. The molecule has 0 spiro atoms. The van der Waals surface area contributed by atoms with Gasteiger partial charge in [0.15, 0.2) is 0 Å². The van der Waals surface area contributed by atoms with E-state index >= 15 is 0 Å². The fourth-order valence-corrected chi connectivity index (χ4v) is 3.92. The molecule has 0 aliphatic rings. The number of hydrogen-bond donors (Lipinski definition) is 0. The molecule has 0 aromatic heterocycles. The van der Waals surface area contributed by atoms with Crippen LogP contribution in [0.3, 0.4) is 0 Å². The summed E-state index contributed by atoms with van der Waals surface area (Å²) in [6.07, 6.45) is 10.3. The van der Waals surface area contributed by atoms with Gasteiger partial charge in [0.1, 0.15) is 5.82 Å². The van der Waals surface area contributed by atoms with Crippen molar-refractivity contribution in [2.45, 2.75) is 71.6 Å². The first-order valence-electron chi connectivity index (χ1n) is 11.6. The number of benzene rings is 3. The summed E-state index contributed by atoms with van der Waals surface area (Å²) in [5, 5.41) is 0. The van der Waals surface area contributed by atoms with E-state index in [9.17, 15) is 4.39 Å². The highest BCUT2D eigenvalue weighted by Crippen LogP contribution is 2.25. The van der Waals surface area contributed by atoms with E-state index in [1.807, 2.05) is 18.2 Å². The summed E-state index contributed by atoms with van der Waals surface area (Å²) in [6.45, 7) is 4.44. The molecule has 3 aromatic carbocycles. The summed E-state index contributed by atoms with van der Waals surface area (Å²) in [5.41, 5.74) is 6.77. The summed E-state index contributed by atoms with van der Waals surface area (Å²) in [4.78, 5) is 0. The molecule has 0 saturated carbocycles. The lowest BCUT2D eigenvalue weighted by Crippen LogP contribution is -1.95. The topological polar surface area (TPSA) is 0 Å². The van der Waals surface area contributed by atoms with E-state index in [-0.39, 0.29) is 5.82 Å². The Bertz CT molecular complexity index is 891. The summed E-state index contributed by atoms with van der Waals surface area (Å²) < 4.78 is 14.8. The molecule has 0 radical (unpaired) electrons. The molecule has 0 unspecified atom stereocenters. The van der Waals surface area contributed by atoms with E-state index < -0.39 is 0 Å². The van der Waals surface area contributed by atoms with Gasteiger partial charge in [-0.05, 0) is 72.4 Å². The maximum Gasteiger partial charge on any atom is 0.131 e. The highest BCUT2D eigenvalue weighted by molar-refractivity contribution is 5.64. The first kappa shape index (κ1) is 22.3. The van der Waals surface area contributed by atoms with Crippen molar-refractivity contribution >= 4 is 0 Å². The third-order valence-corrected chi connectivity index (χ3v) is 5.91. The van der Waals surface area contributed by atoms with E-state index in [0.29, 0.717) is 5.56 Å². The molecular weight excluding hydrogens is 367 g/mol. The Kier molecular flexibility index (Phi) is 8.68. The average Bonchev–Trinajstić information content (AvgIpc) is 2.78. The van der Waals surface area contributed by atoms with Crippen molar-refractivity contribution in [2.24, 2.45) is 0 Å². The summed E-state index contributed by atoms with van der Waals surface area (Å²) in [5.74, 6) is -0.125. The van der Waals surface area contributed by atoms with Crippen LogP contribution in [0.15, 0.2) is 66.7 Å². The highest BCUT2D eigenvalue weighted by Gasteiger charge is 2.07. The summed E-state index contributed by atoms with van der Waals surface area (Å²) in [6, 6.07) is 23.0. The van der Waals surface area contributed by atoms with Gasteiger partial charge in [-0.25, -0.2) is 4.39 Å². The van der Waals surface area contributed by atoms with Crippen molar-refractivity contribution in [2.75, 3.05) is 0 Å². The molecule has 0 atom stereocenters. The lowest BCUT2D eigenvalue weighted by atomic mass is 9.97. The van der Waals surface area contributed by atoms with Crippen molar-refractivity contribution in [3.8, 4) is 11.1 Å². The van der Waals surface area contributed by atoms with E-state index in [2.05, 4.69) is 56.3 Å². The Hall–Kier alpha value is -2.41. The van der Waals surface area contributed by atoms with Gasteiger partial charge in [-0.15, -0.1) is 0 Å². The maximum absolute atomic E-state index is 14.8. The quantitative estimate of drug-likeness (QED) is 0.283. The SMILES string of the molecule is CCCCCc1ccc(CCc2ccc(-c3ccc(CCCC)cc3)c(F)c2)cc1. The number of unbranched alkanes of at least 4 members (excludes halogenated alkanes) is 3. The predicted molar refractivity (Wildman–Crippen MR) is 128 cm³/mol. The minimum Gasteiger partial charge on any atom is -0.206 e. The van der Waals surface area contributed by atoms with Gasteiger partial charge in [-0.2, -0.15) is 0 Å². The van der Waals surface area contributed by atoms with E-state index in [4.69, 9.17) is 0 Å². The largest absolute Gasteiger partial charge is 0.206 e. The van der Waals surface area contributed by atoms with Gasteiger partial charge in [0, 0.05) is 5.56 Å². The molecule has 1 heteroatoms. The van der Waals surface area contributed by atoms with Gasteiger partial charge in [0.05, 0.1) is 0 Å². The second-order valence-corrected chi connectivity index (χ2v) is 8.39. The van der Waals surface area contributed by atoms with Crippen LogP contribution < -0.4 is 0 Å². The molecule has 158 valence electrons. The molecule has 3 aromatic rings. The second kappa shape index (κ2) is 11.7. The third kappa shape index (κ3) is 6.55. The zero-order valence-corrected chi connectivity index (χ0v) is 18.6. The predicted octanol–water partition coefficient (Wildman–Crippen LogP) is 8.35. The number of hydrogen-bond acceptors (Lipinski definition) is 0. The second-order valence-electron chi connectivity index (χ2n) is 8.39. The number of rotatable bonds is 11. The molecule has 0 saturated heterocycles. The van der Waals surface area contributed by atoms with Gasteiger partial charge in [0.25, 0.3) is 0 Å². The Balaban J connectivity index is 1.57. The normalized spacial score (nSPS) is 11.0. The van der Waals surface area contributed by atoms with Crippen LogP contribution in [0.1, 0.15) is 68.2 Å². The Labute approximate surface area is 182 Å². The summed E-state index contributed by atoms with van der Waals surface area (Å²) in [7, 11) is 0. The smallest absolute Gasteiger partial charge is 0.131 e. The highest BCUT2D eigenvalue weighted by atomic mass is 19.1. The number of halogens is 1. The molecule has 0 nitrogen and oxygen atoms in total. The summed E-state index contributed by atoms with van der Waals surface area (Å²) >= 11 is 0. The Morgan fingerprint density at radius 1 is 0.533 bits per heavy atom. The van der Waals surface area contributed by atoms with Gasteiger partial charge in [-0.1, -0.05) is 93.8 Å². The van der Waals surface area contributed by atoms with Crippen LogP contribution in [-0.2, 0) is 25.7 Å². The monoisotopic (exact) mass is 402 g/mol. The van der Waals surface area contributed by atoms with Crippen molar-refractivity contribution in [1.29, 1.82) is 0 Å². The molecular formula is C29H35F. The van der Waals surface area contributed by atoms with Crippen molar-refractivity contribution in [3.63, 3.8) is 0 Å². The van der Waals surface area contributed by atoms with Gasteiger partial charge in [0.2, 0.25) is 0 Å². The minimum atomic E-state index is -0.125. The van der Waals surface area contributed by atoms with Crippen molar-refractivity contribution in [1.82, 2.24) is 0 Å². The minimum absolute atomic E-state index is 0.125. The lowest BCUT2D eigenvalue weighted by Gasteiger charge is -2.09. The molecule has 0 fully saturated rings. The van der Waals surface area contributed by atoms with Gasteiger partial charge in [-0.3, -0.25) is 0 Å². The van der Waals surface area contributed by atoms with Crippen LogP contribution in [0, 0.1) is 5.82 Å². The number of aryl methyl sites for hydroxylation is 4. The zero-order valence-electron chi connectivity index (χ0n) is 18.6. The molecule has 0 heterocycles. The Morgan fingerprint density at radius 3 is 1.63 bits per heavy atom. The van der Waals surface area contributed by atoms with Crippen LogP contribution in [0.4, 0.5) is 4.39 Å². The van der Waals surface area contributed by atoms with Crippen molar-refractivity contribution in [3.05, 3.63) is 94.8 Å². The van der Waals surface area contributed by atoms with Crippen LogP contribution in [0.5, 0.6) is 0 Å². The van der Waals surface area contributed by atoms with Crippen LogP contribution in [0.25, 0.3) is 11.1 Å². The lowest BCUT2D eigenvalue weighted by molar-refractivity contribution is 0.628. The van der Waals surface area contributed by atoms with Gasteiger partial charge < -0.3 is 0 Å². The van der Waals surface area contributed by atoms with Crippen LogP contribution in [0.2, 0.25) is 0 Å². The fourth-order valence-electron chi connectivity index (χ4n) is 3.92. The molecule has 0 bridgehead atoms.